The van der Waals surface area contributed by atoms with Crippen LogP contribution >= 0.6 is 0 Å². The van der Waals surface area contributed by atoms with Gasteiger partial charge in [-0.3, -0.25) is 11.3 Å². The molecule has 1 aromatic carbocycles. The lowest BCUT2D eigenvalue weighted by Gasteiger charge is -2.31. The van der Waals surface area contributed by atoms with Gasteiger partial charge in [0.25, 0.3) is 0 Å². The van der Waals surface area contributed by atoms with Crippen LogP contribution in [0.3, 0.4) is 0 Å². The molecule has 0 saturated carbocycles. The maximum atomic E-state index is 14.3. The molecule has 2 atom stereocenters. The topological polar surface area (TPSA) is 47.3 Å². The number of hydrogen-bond acceptors (Lipinski definition) is 3. The molecule has 1 rings (SSSR count). The molecule has 4 heteroatoms. The van der Waals surface area contributed by atoms with E-state index in [-0.39, 0.29) is 23.9 Å². The third kappa shape index (κ3) is 3.75. The normalized spacial score (nSPS) is 14.7. The molecule has 0 heterocycles. The molecule has 0 aliphatic rings. The molecule has 3 nitrogen and oxygen atoms in total. The molecule has 0 saturated heterocycles. The molecule has 0 aliphatic heterocycles. The highest BCUT2D eigenvalue weighted by atomic mass is 19.1. The summed E-state index contributed by atoms with van der Waals surface area (Å²) in [6.45, 7) is 10.4. The highest BCUT2D eigenvalue weighted by molar-refractivity contribution is 5.35. The summed E-state index contributed by atoms with van der Waals surface area (Å²) in [5, 5.41) is 0. The third-order valence-electron chi connectivity index (χ3n) is 3.32. The smallest absolute Gasteiger partial charge is 0.128 e. The minimum atomic E-state index is -0.347. The predicted octanol–water partition coefficient (Wildman–Crippen LogP) is 3.01. The van der Waals surface area contributed by atoms with Crippen LogP contribution in [0.5, 0.6) is 0 Å². The Hall–Kier alpha value is -0.970. The number of nitrogens with two attached hydrogens (primary N) is 1. The molecule has 0 fully saturated rings. The van der Waals surface area contributed by atoms with Crippen LogP contribution in [0.25, 0.3) is 0 Å². The van der Waals surface area contributed by atoms with Crippen molar-refractivity contribution in [3.8, 4) is 0 Å². The van der Waals surface area contributed by atoms with Crippen molar-refractivity contribution < 1.29 is 9.13 Å². The first-order chi connectivity index (χ1) is 8.92. The lowest BCUT2D eigenvalue weighted by molar-refractivity contribution is 0.00180. The van der Waals surface area contributed by atoms with Crippen LogP contribution in [0.4, 0.5) is 4.39 Å². The van der Waals surface area contributed by atoms with Crippen LogP contribution < -0.4 is 11.3 Å². The zero-order valence-corrected chi connectivity index (χ0v) is 12.5. The Kier molecular flexibility index (Phi) is 5.91. The fourth-order valence-electron chi connectivity index (χ4n) is 2.53. The van der Waals surface area contributed by atoms with E-state index in [9.17, 15) is 4.39 Å². The van der Waals surface area contributed by atoms with Crippen molar-refractivity contribution in [2.75, 3.05) is 6.61 Å². The van der Waals surface area contributed by atoms with Crippen molar-refractivity contribution in [3.05, 3.63) is 34.6 Å². The summed E-state index contributed by atoms with van der Waals surface area (Å²) in [6.07, 6.45) is -0.161. The molecule has 0 radical (unpaired) electrons. The molecule has 0 spiro atoms. The Bertz CT molecular complexity index is 398. The van der Waals surface area contributed by atoms with Crippen LogP contribution in [0.15, 0.2) is 12.1 Å². The Morgan fingerprint density at radius 2 is 1.95 bits per heavy atom. The van der Waals surface area contributed by atoms with Gasteiger partial charge in [0.15, 0.2) is 0 Å². The van der Waals surface area contributed by atoms with Crippen LogP contribution in [0, 0.1) is 25.6 Å². The fraction of sp³-hybridized carbons (Fsp3) is 0.600. The van der Waals surface area contributed by atoms with Crippen LogP contribution in [0.1, 0.15) is 43.5 Å². The lowest BCUT2D eigenvalue weighted by Crippen LogP contribution is -2.41. The Labute approximate surface area is 115 Å². The number of hydrazine groups is 1. The van der Waals surface area contributed by atoms with Gasteiger partial charge in [-0.1, -0.05) is 19.9 Å². The zero-order valence-electron chi connectivity index (χ0n) is 12.5. The molecule has 0 aliphatic carbocycles. The first kappa shape index (κ1) is 16.1. The van der Waals surface area contributed by atoms with Gasteiger partial charge in [-0.25, -0.2) is 4.39 Å². The van der Waals surface area contributed by atoms with Gasteiger partial charge >= 0.3 is 0 Å². The molecular formula is C15H25FN2O. The number of nitrogens with one attached hydrogen (secondary N) is 1. The maximum absolute atomic E-state index is 14.3. The Morgan fingerprint density at radius 1 is 1.32 bits per heavy atom. The largest absolute Gasteiger partial charge is 0.376 e. The van der Waals surface area contributed by atoms with Gasteiger partial charge in [0.2, 0.25) is 0 Å². The third-order valence-corrected chi connectivity index (χ3v) is 3.32. The Morgan fingerprint density at radius 3 is 2.37 bits per heavy atom. The van der Waals surface area contributed by atoms with E-state index in [0.29, 0.717) is 12.2 Å². The Balaban J connectivity index is 3.22. The summed E-state index contributed by atoms with van der Waals surface area (Å²) in [4.78, 5) is 0. The summed E-state index contributed by atoms with van der Waals surface area (Å²) in [6, 6.07) is 3.16. The van der Waals surface area contributed by atoms with Gasteiger partial charge in [0.1, 0.15) is 5.82 Å². The van der Waals surface area contributed by atoms with E-state index in [1.165, 1.54) is 6.07 Å². The quantitative estimate of drug-likeness (QED) is 0.616. The summed E-state index contributed by atoms with van der Waals surface area (Å²) < 4.78 is 20.0. The summed E-state index contributed by atoms with van der Waals surface area (Å²) in [7, 11) is 0. The van der Waals surface area contributed by atoms with Crippen molar-refractivity contribution in [1.29, 1.82) is 0 Å². The molecular weight excluding hydrogens is 243 g/mol. The number of benzene rings is 1. The van der Waals surface area contributed by atoms with E-state index in [1.807, 2.05) is 40.7 Å². The van der Waals surface area contributed by atoms with Gasteiger partial charge in [-0.05, 0) is 43.9 Å². The van der Waals surface area contributed by atoms with Gasteiger partial charge in [-0.2, -0.15) is 0 Å². The number of rotatable bonds is 6. The van der Waals surface area contributed by atoms with Gasteiger partial charge in [0, 0.05) is 12.2 Å². The highest BCUT2D eigenvalue weighted by Crippen LogP contribution is 2.29. The van der Waals surface area contributed by atoms with Crippen molar-refractivity contribution in [1.82, 2.24) is 5.43 Å². The van der Waals surface area contributed by atoms with Crippen molar-refractivity contribution in [3.63, 3.8) is 0 Å². The molecule has 1 aromatic rings. The molecule has 19 heavy (non-hydrogen) atoms. The van der Waals surface area contributed by atoms with Crippen LogP contribution in [-0.2, 0) is 4.74 Å². The second kappa shape index (κ2) is 6.98. The highest BCUT2D eigenvalue weighted by Gasteiger charge is 2.29. The van der Waals surface area contributed by atoms with Gasteiger partial charge in [-0.15, -0.1) is 0 Å². The summed E-state index contributed by atoms with van der Waals surface area (Å²) in [5.41, 5.74) is 5.12. The van der Waals surface area contributed by atoms with Gasteiger partial charge in [0.05, 0.1) is 12.1 Å². The first-order valence-electron chi connectivity index (χ1n) is 6.76. The van der Waals surface area contributed by atoms with E-state index in [2.05, 4.69) is 5.43 Å². The number of aryl methyl sites for hydroxylation is 2. The van der Waals surface area contributed by atoms with Crippen LogP contribution in [0.2, 0.25) is 0 Å². The predicted molar refractivity (Wildman–Crippen MR) is 76.2 cm³/mol. The van der Waals surface area contributed by atoms with Crippen molar-refractivity contribution in [2.24, 2.45) is 11.8 Å². The average Bonchev–Trinajstić information content (AvgIpc) is 2.30. The van der Waals surface area contributed by atoms with E-state index in [4.69, 9.17) is 10.6 Å². The summed E-state index contributed by atoms with van der Waals surface area (Å²) >= 11 is 0. The molecule has 0 bridgehead atoms. The van der Waals surface area contributed by atoms with Crippen LogP contribution in [-0.4, -0.2) is 12.7 Å². The summed E-state index contributed by atoms with van der Waals surface area (Å²) in [5.74, 6) is 5.66. The number of ether oxygens (including phenoxy) is 1. The monoisotopic (exact) mass is 268 g/mol. The van der Waals surface area contributed by atoms with Gasteiger partial charge < -0.3 is 4.74 Å². The molecule has 3 N–H and O–H groups in total. The molecule has 0 aromatic heterocycles. The molecule has 0 amide bonds. The minimum absolute atomic E-state index is 0.161. The second-order valence-electron chi connectivity index (χ2n) is 5.29. The minimum Gasteiger partial charge on any atom is -0.376 e. The number of hydrogen-bond donors (Lipinski definition) is 2. The van der Waals surface area contributed by atoms with E-state index < -0.39 is 0 Å². The zero-order chi connectivity index (χ0) is 14.6. The standard InChI is InChI=1S/C15H25FN2O/c1-6-19-15(9(2)3)14(18-17)13-11(5)7-10(4)8-12(13)16/h7-9,14-15,18H,6,17H2,1-5H3. The van der Waals surface area contributed by atoms with E-state index >= 15 is 0 Å². The SMILES string of the molecule is CCOC(C(C)C)C(NN)c1c(C)cc(C)cc1F. The molecule has 2 unspecified atom stereocenters. The van der Waals surface area contributed by atoms with Crippen molar-refractivity contribution in [2.45, 2.75) is 46.8 Å². The number of halogens is 1. The maximum Gasteiger partial charge on any atom is 0.128 e. The van der Waals surface area contributed by atoms with E-state index in [1.54, 1.807) is 0 Å². The van der Waals surface area contributed by atoms with E-state index in [0.717, 1.165) is 11.1 Å². The average molecular weight is 268 g/mol. The first-order valence-corrected chi connectivity index (χ1v) is 6.76. The lowest BCUT2D eigenvalue weighted by atomic mass is 9.90. The molecule has 108 valence electrons. The second-order valence-corrected chi connectivity index (χ2v) is 5.29. The van der Waals surface area contributed by atoms with Crippen molar-refractivity contribution >= 4 is 0 Å². The fourth-order valence-corrected chi connectivity index (χ4v) is 2.53.